The Hall–Kier alpha value is -3.57. The highest BCUT2D eigenvalue weighted by Gasteiger charge is 2.24. The normalized spacial score (nSPS) is 11.2. The zero-order chi connectivity index (χ0) is 24.2. The summed E-state index contributed by atoms with van der Waals surface area (Å²) in [5, 5.41) is 13.9. The number of para-hydroxylation sites is 1. The Bertz CT molecular complexity index is 1340. The Morgan fingerprint density at radius 2 is 1.71 bits per heavy atom. The third-order valence-corrected chi connectivity index (χ3v) is 6.18. The fourth-order valence-corrected chi connectivity index (χ4v) is 4.45. The SMILES string of the molecule is CC(C)c1ccc(Cn2c(C(=O)NCc3cccc(Cl)c3)c(CC(=O)O)c3ccccc32)cc1. The van der Waals surface area contributed by atoms with Crippen LogP contribution in [0.25, 0.3) is 10.9 Å². The van der Waals surface area contributed by atoms with Gasteiger partial charge < -0.3 is 15.0 Å². The number of carbonyl (C=O) groups is 2. The summed E-state index contributed by atoms with van der Waals surface area (Å²) >= 11 is 6.08. The van der Waals surface area contributed by atoms with Gasteiger partial charge in [-0.1, -0.05) is 80.0 Å². The highest BCUT2D eigenvalue weighted by atomic mass is 35.5. The summed E-state index contributed by atoms with van der Waals surface area (Å²) in [6.07, 6.45) is -0.236. The maximum Gasteiger partial charge on any atom is 0.307 e. The number of nitrogens with zero attached hydrogens (tertiary/aromatic N) is 1. The number of amides is 1. The maximum atomic E-state index is 13.5. The molecule has 0 radical (unpaired) electrons. The van der Waals surface area contributed by atoms with Crippen molar-refractivity contribution in [3.63, 3.8) is 0 Å². The van der Waals surface area contributed by atoms with Crippen molar-refractivity contribution in [2.45, 2.75) is 39.3 Å². The monoisotopic (exact) mass is 474 g/mol. The number of benzene rings is 3. The highest BCUT2D eigenvalue weighted by Crippen LogP contribution is 2.28. The van der Waals surface area contributed by atoms with Crippen molar-refractivity contribution in [3.05, 3.63) is 106 Å². The summed E-state index contributed by atoms with van der Waals surface area (Å²) in [7, 11) is 0. The third-order valence-electron chi connectivity index (χ3n) is 5.95. The molecule has 3 aromatic carbocycles. The molecule has 1 amide bonds. The number of aromatic nitrogens is 1. The lowest BCUT2D eigenvalue weighted by Crippen LogP contribution is -2.27. The number of hydrogen-bond acceptors (Lipinski definition) is 2. The number of halogens is 1. The molecule has 0 atom stereocenters. The molecule has 0 fully saturated rings. The molecule has 34 heavy (non-hydrogen) atoms. The number of hydrogen-bond donors (Lipinski definition) is 2. The number of aliphatic carboxylic acids is 1. The van der Waals surface area contributed by atoms with E-state index in [0.29, 0.717) is 28.7 Å². The quantitative estimate of drug-likeness (QED) is 0.328. The van der Waals surface area contributed by atoms with Crippen molar-refractivity contribution < 1.29 is 14.7 Å². The number of carbonyl (C=O) groups excluding carboxylic acids is 1. The maximum absolute atomic E-state index is 13.5. The van der Waals surface area contributed by atoms with Gasteiger partial charge >= 0.3 is 5.97 Å². The van der Waals surface area contributed by atoms with E-state index in [4.69, 9.17) is 11.6 Å². The van der Waals surface area contributed by atoms with Crippen LogP contribution in [0.2, 0.25) is 5.02 Å². The van der Waals surface area contributed by atoms with Crippen LogP contribution in [-0.2, 0) is 24.3 Å². The van der Waals surface area contributed by atoms with Gasteiger partial charge in [0.15, 0.2) is 0 Å². The first-order chi connectivity index (χ1) is 16.3. The van der Waals surface area contributed by atoms with E-state index in [9.17, 15) is 14.7 Å². The summed E-state index contributed by atoms with van der Waals surface area (Å²) in [6, 6.07) is 23.2. The van der Waals surface area contributed by atoms with Gasteiger partial charge in [0.05, 0.1) is 6.42 Å². The van der Waals surface area contributed by atoms with Crippen LogP contribution in [0.5, 0.6) is 0 Å². The van der Waals surface area contributed by atoms with E-state index in [0.717, 1.165) is 22.0 Å². The van der Waals surface area contributed by atoms with Crippen molar-refractivity contribution in [1.29, 1.82) is 0 Å². The van der Waals surface area contributed by atoms with Crippen LogP contribution < -0.4 is 5.32 Å². The lowest BCUT2D eigenvalue weighted by Gasteiger charge is -2.14. The molecule has 2 N–H and O–H groups in total. The van der Waals surface area contributed by atoms with Crippen LogP contribution in [0.3, 0.4) is 0 Å². The zero-order valence-corrected chi connectivity index (χ0v) is 20.0. The molecule has 0 aliphatic rings. The Balaban J connectivity index is 1.75. The average Bonchev–Trinajstić information content (AvgIpc) is 3.10. The Labute approximate surface area is 204 Å². The van der Waals surface area contributed by atoms with E-state index in [1.165, 1.54) is 5.56 Å². The molecule has 0 aliphatic heterocycles. The minimum absolute atomic E-state index is 0.236. The first kappa shape index (κ1) is 23.6. The van der Waals surface area contributed by atoms with Crippen LogP contribution in [-0.4, -0.2) is 21.6 Å². The molecule has 0 saturated heterocycles. The molecule has 4 aromatic rings. The van der Waals surface area contributed by atoms with E-state index in [2.05, 4.69) is 43.4 Å². The predicted molar refractivity (Wildman–Crippen MR) is 136 cm³/mol. The highest BCUT2D eigenvalue weighted by molar-refractivity contribution is 6.30. The second-order valence-electron chi connectivity index (χ2n) is 8.71. The lowest BCUT2D eigenvalue weighted by molar-refractivity contribution is -0.136. The van der Waals surface area contributed by atoms with Crippen molar-refractivity contribution in [3.8, 4) is 0 Å². The Kier molecular flexibility index (Phi) is 7.03. The van der Waals surface area contributed by atoms with Gasteiger partial charge in [0.1, 0.15) is 5.69 Å². The van der Waals surface area contributed by atoms with Crippen LogP contribution in [0.15, 0.2) is 72.8 Å². The average molecular weight is 475 g/mol. The van der Waals surface area contributed by atoms with Crippen LogP contribution in [0.1, 0.15) is 52.5 Å². The van der Waals surface area contributed by atoms with Crippen molar-refractivity contribution >= 4 is 34.4 Å². The molecule has 1 heterocycles. The van der Waals surface area contributed by atoms with Gasteiger partial charge in [0, 0.05) is 34.6 Å². The fraction of sp³-hybridized carbons (Fsp3) is 0.214. The van der Waals surface area contributed by atoms with Gasteiger partial charge in [-0.15, -0.1) is 0 Å². The van der Waals surface area contributed by atoms with Crippen LogP contribution in [0.4, 0.5) is 0 Å². The third kappa shape index (κ3) is 5.15. The van der Waals surface area contributed by atoms with E-state index in [1.807, 2.05) is 41.0 Å². The van der Waals surface area contributed by atoms with E-state index >= 15 is 0 Å². The molecular formula is C28H27ClN2O3. The molecule has 0 unspecified atom stereocenters. The fourth-order valence-electron chi connectivity index (χ4n) is 4.23. The van der Waals surface area contributed by atoms with Gasteiger partial charge in [0.25, 0.3) is 5.91 Å². The minimum Gasteiger partial charge on any atom is -0.481 e. The Morgan fingerprint density at radius 1 is 0.971 bits per heavy atom. The summed E-state index contributed by atoms with van der Waals surface area (Å²) in [4.78, 5) is 25.2. The largest absolute Gasteiger partial charge is 0.481 e. The number of fused-ring (bicyclic) bond motifs is 1. The van der Waals surface area contributed by atoms with Gasteiger partial charge in [-0.3, -0.25) is 9.59 Å². The van der Waals surface area contributed by atoms with Gasteiger partial charge in [-0.05, 0) is 40.8 Å². The Morgan fingerprint density at radius 3 is 2.38 bits per heavy atom. The molecular weight excluding hydrogens is 448 g/mol. The minimum atomic E-state index is -0.979. The van der Waals surface area contributed by atoms with E-state index in [1.54, 1.807) is 12.1 Å². The smallest absolute Gasteiger partial charge is 0.307 e. The number of rotatable bonds is 8. The zero-order valence-electron chi connectivity index (χ0n) is 19.2. The molecule has 1 aromatic heterocycles. The molecule has 4 rings (SSSR count). The molecule has 5 nitrogen and oxygen atoms in total. The first-order valence-corrected chi connectivity index (χ1v) is 11.6. The van der Waals surface area contributed by atoms with Crippen molar-refractivity contribution in [2.75, 3.05) is 0 Å². The molecule has 0 bridgehead atoms. The van der Waals surface area contributed by atoms with Crippen molar-refractivity contribution in [1.82, 2.24) is 9.88 Å². The van der Waals surface area contributed by atoms with E-state index in [-0.39, 0.29) is 18.9 Å². The van der Waals surface area contributed by atoms with Gasteiger partial charge in [-0.25, -0.2) is 0 Å². The lowest BCUT2D eigenvalue weighted by atomic mass is 10.0. The van der Waals surface area contributed by atoms with Crippen molar-refractivity contribution in [2.24, 2.45) is 0 Å². The van der Waals surface area contributed by atoms with Gasteiger partial charge in [-0.2, -0.15) is 0 Å². The molecule has 0 aliphatic carbocycles. The standard InChI is InChI=1S/C28H27ClN2O3/c1-18(2)21-12-10-19(11-13-21)17-31-25-9-4-3-8-23(25)24(15-26(32)33)27(31)28(34)30-16-20-6-5-7-22(29)14-20/h3-14,18H,15-17H2,1-2H3,(H,30,34)(H,32,33). The topological polar surface area (TPSA) is 71.3 Å². The molecule has 0 spiro atoms. The predicted octanol–water partition coefficient (Wildman–Crippen LogP) is 6.02. The number of carboxylic acid groups (broad SMARTS) is 1. The van der Waals surface area contributed by atoms with E-state index < -0.39 is 5.97 Å². The molecule has 6 heteroatoms. The number of carboxylic acids is 1. The molecule has 174 valence electrons. The molecule has 0 saturated carbocycles. The summed E-state index contributed by atoms with van der Waals surface area (Å²) < 4.78 is 1.92. The van der Waals surface area contributed by atoms with Crippen LogP contribution in [0, 0.1) is 0 Å². The number of nitrogens with one attached hydrogen (secondary N) is 1. The second-order valence-corrected chi connectivity index (χ2v) is 9.15. The summed E-state index contributed by atoms with van der Waals surface area (Å²) in [5.41, 5.74) is 4.87. The van der Waals surface area contributed by atoms with Gasteiger partial charge in [0.2, 0.25) is 0 Å². The van der Waals surface area contributed by atoms with Crippen LogP contribution >= 0.6 is 11.6 Å². The first-order valence-electron chi connectivity index (χ1n) is 11.3. The second kappa shape index (κ2) is 10.1. The summed E-state index contributed by atoms with van der Waals surface area (Å²) in [6.45, 7) is 5.04. The summed E-state index contributed by atoms with van der Waals surface area (Å²) in [5.74, 6) is -0.865.